The minimum Gasteiger partial charge on any atom is -0.379 e. The maximum absolute atomic E-state index is 5.52. The molecule has 0 aromatic rings. The number of hydrogen-bond acceptors (Lipinski definition) is 3. The molecule has 0 amide bonds. The molecule has 0 radical (unpaired) electrons. The molecule has 3 N–H and O–H groups in total. The molecular formula is C10H24N2O. The first-order valence-electron chi connectivity index (χ1n) is 4.83. The van der Waals surface area contributed by atoms with Gasteiger partial charge in [0.1, 0.15) is 0 Å². The number of nitrogens with two attached hydrogens (primary N) is 1. The monoisotopic (exact) mass is 188 g/mol. The first-order chi connectivity index (χ1) is 5.84. The zero-order valence-corrected chi connectivity index (χ0v) is 9.72. The van der Waals surface area contributed by atoms with Crippen LogP contribution in [-0.2, 0) is 4.74 Å². The summed E-state index contributed by atoms with van der Waals surface area (Å²) in [6.45, 7) is 10.8. The normalized spacial score (nSPS) is 17.5. The van der Waals surface area contributed by atoms with Crippen LogP contribution in [0.15, 0.2) is 0 Å². The van der Waals surface area contributed by atoms with E-state index in [9.17, 15) is 0 Å². The zero-order valence-electron chi connectivity index (χ0n) is 9.72. The van der Waals surface area contributed by atoms with Gasteiger partial charge in [0, 0.05) is 7.11 Å². The third-order valence-corrected chi connectivity index (χ3v) is 2.34. The van der Waals surface area contributed by atoms with Gasteiger partial charge in [-0.05, 0) is 11.3 Å². The van der Waals surface area contributed by atoms with Gasteiger partial charge in [0.25, 0.3) is 0 Å². The van der Waals surface area contributed by atoms with E-state index >= 15 is 0 Å². The van der Waals surface area contributed by atoms with E-state index in [1.165, 1.54) is 0 Å². The van der Waals surface area contributed by atoms with Crippen LogP contribution < -0.4 is 11.3 Å². The second-order valence-electron chi connectivity index (χ2n) is 4.96. The molecule has 0 fully saturated rings. The fourth-order valence-corrected chi connectivity index (χ4v) is 1.67. The third kappa shape index (κ3) is 3.63. The Bertz CT molecular complexity index is 140. The van der Waals surface area contributed by atoms with E-state index in [1.54, 1.807) is 7.11 Å². The van der Waals surface area contributed by atoms with E-state index < -0.39 is 0 Å². The zero-order chi connectivity index (χ0) is 10.6. The molecule has 0 saturated heterocycles. The molecule has 0 saturated carbocycles. The molecular weight excluding hydrogens is 164 g/mol. The molecule has 0 aliphatic heterocycles. The molecule has 3 nitrogen and oxygen atoms in total. The first kappa shape index (κ1) is 12.9. The molecule has 0 spiro atoms. The summed E-state index contributed by atoms with van der Waals surface area (Å²) in [6, 6.07) is 0.199. The van der Waals surface area contributed by atoms with Crippen LogP contribution in [0, 0.1) is 11.3 Å². The fraction of sp³-hybridized carbons (Fsp3) is 1.00. The molecule has 0 heterocycles. The molecule has 0 aromatic heterocycles. The Morgan fingerprint density at radius 1 is 1.23 bits per heavy atom. The number of ether oxygens (including phenoxy) is 1. The number of rotatable bonds is 4. The van der Waals surface area contributed by atoms with Crippen molar-refractivity contribution in [2.45, 2.75) is 46.8 Å². The summed E-state index contributed by atoms with van der Waals surface area (Å²) in [5.74, 6) is 5.98. The average Bonchev–Trinajstić information content (AvgIpc) is 1.96. The summed E-state index contributed by atoms with van der Waals surface area (Å²) < 4.78 is 5.49. The predicted octanol–water partition coefficient (Wildman–Crippen LogP) is 1.54. The highest BCUT2D eigenvalue weighted by Crippen LogP contribution is 2.27. The van der Waals surface area contributed by atoms with Crippen molar-refractivity contribution < 1.29 is 4.74 Å². The standard InChI is InChI=1S/C10H24N2O/c1-7(2)8(12-11)9(13-6)10(3,4)5/h7-9,12H,11H2,1-6H3. The Kier molecular flexibility index (Phi) is 4.89. The number of methoxy groups -OCH3 is 1. The largest absolute Gasteiger partial charge is 0.379 e. The van der Waals surface area contributed by atoms with Crippen molar-refractivity contribution in [3.63, 3.8) is 0 Å². The van der Waals surface area contributed by atoms with E-state index in [1.807, 2.05) is 0 Å². The maximum atomic E-state index is 5.52. The van der Waals surface area contributed by atoms with Crippen LogP contribution in [0.1, 0.15) is 34.6 Å². The lowest BCUT2D eigenvalue weighted by molar-refractivity contribution is -0.0226. The molecule has 0 aromatic carbocycles. The third-order valence-electron chi connectivity index (χ3n) is 2.34. The molecule has 13 heavy (non-hydrogen) atoms. The molecule has 0 rings (SSSR count). The molecule has 2 unspecified atom stereocenters. The Labute approximate surface area is 82.0 Å². The Hall–Kier alpha value is -0.120. The predicted molar refractivity (Wildman–Crippen MR) is 56.2 cm³/mol. The van der Waals surface area contributed by atoms with Crippen molar-refractivity contribution in [3.05, 3.63) is 0 Å². The highest BCUT2D eigenvalue weighted by Gasteiger charge is 2.33. The second-order valence-corrected chi connectivity index (χ2v) is 4.96. The van der Waals surface area contributed by atoms with Crippen LogP contribution in [0.5, 0.6) is 0 Å². The van der Waals surface area contributed by atoms with E-state index in [-0.39, 0.29) is 17.6 Å². The van der Waals surface area contributed by atoms with Crippen LogP contribution in [0.4, 0.5) is 0 Å². The molecule has 80 valence electrons. The van der Waals surface area contributed by atoms with Gasteiger partial charge >= 0.3 is 0 Å². The second kappa shape index (κ2) is 4.94. The molecule has 0 aliphatic carbocycles. The highest BCUT2D eigenvalue weighted by molar-refractivity contribution is 4.86. The lowest BCUT2D eigenvalue weighted by atomic mass is 9.81. The van der Waals surface area contributed by atoms with Gasteiger partial charge in [-0.1, -0.05) is 34.6 Å². The lowest BCUT2D eigenvalue weighted by Gasteiger charge is -2.37. The molecule has 2 atom stereocenters. The summed E-state index contributed by atoms with van der Waals surface area (Å²) in [4.78, 5) is 0. The van der Waals surface area contributed by atoms with Gasteiger partial charge in [-0.25, -0.2) is 0 Å². The smallest absolute Gasteiger partial charge is 0.0788 e. The number of nitrogens with one attached hydrogen (secondary N) is 1. The summed E-state index contributed by atoms with van der Waals surface area (Å²) in [5, 5.41) is 0. The first-order valence-corrected chi connectivity index (χ1v) is 4.83. The Morgan fingerprint density at radius 3 is 1.77 bits per heavy atom. The average molecular weight is 188 g/mol. The van der Waals surface area contributed by atoms with Gasteiger partial charge in [-0.2, -0.15) is 0 Å². The van der Waals surface area contributed by atoms with Gasteiger partial charge in [0.05, 0.1) is 12.1 Å². The van der Waals surface area contributed by atoms with Crippen molar-refractivity contribution in [2.75, 3.05) is 7.11 Å². The van der Waals surface area contributed by atoms with Crippen molar-refractivity contribution in [1.82, 2.24) is 5.43 Å². The highest BCUT2D eigenvalue weighted by atomic mass is 16.5. The van der Waals surface area contributed by atoms with Crippen LogP contribution >= 0.6 is 0 Å². The minimum atomic E-state index is 0.107. The van der Waals surface area contributed by atoms with Crippen molar-refractivity contribution >= 4 is 0 Å². The van der Waals surface area contributed by atoms with Crippen LogP contribution in [0.25, 0.3) is 0 Å². The summed E-state index contributed by atoms with van der Waals surface area (Å²) in [5.41, 5.74) is 2.94. The van der Waals surface area contributed by atoms with Crippen molar-refractivity contribution in [2.24, 2.45) is 17.2 Å². The van der Waals surface area contributed by atoms with Crippen molar-refractivity contribution in [1.29, 1.82) is 0 Å². The van der Waals surface area contributed by atoms with Gasteiger partial charge < -0.3 is 4.74 Å². The van der Waals surface area contributed by atoms with E-state index in [4.69, 9.17) is 10.6 Å². The van der Waals surface area contributed by atoms with Gasteiger partial charge in [0.15, 0.2) is 0 Å². The lowest BCUT2D eigenvalue weighted by Crippen LogP contribution is -2.53. The summed E-state index contributed by atoms with van der Waals surface area (Å²) in [7, 11) is 1.74. The van der Waals surface area contributed by atoms with E-state index in [2.05, 4.69) is 40.0 Å². The van der Waals surface area contributed by atoms with Crippen LogP contribution in [0.3, 0.4) is 0 Å². The maximum Gasteiger partial charge on any atom is 0.0788 e. The van der Waals surface area contributed by atoms with Crippen LogP contribution in [0.2, 0.25) is 0 Å². The number of hydrogen-bond donors (Lipinski definition) is 2. The van der Waals surface area contributed by atoms with Gasteiger partial charge in [0.2, 0.25) is 0 Å². The molecule has 0 aliphatic rings. The quantitative estimate of drug-likeness (QED) is 0.519. The van der Waals surface area contributed by atoms with E-state index in [0.717, 1.165) is 0 Å². The fourth-order valence-electron chi connectivity index (χ4n) is 1.67. The number of hydrazine groups is 1. The summed E-state index contributed by atoms with van der Waals surface area (Å²) in [6.07, 6.45) is 0.137. The SMILES string of the molecule is COC(C(NN)C(C)C)C(C)(C)C. The van der Waals surface area contributed by atoms with E-state index in [0.29, 0.717) is 5.92 Å². The summed E-state index contributed by atoms with van der Waals surface area (Å²) >= 11 is 0. The minimum absolute atomic E-state index is 0.107. The topological polar surface area (TPSA) is 47.3 Å². The van der Waals surface area contributed by atoms with Crippen LogP contribution in [-0.4, -0.2) is 19.3 Å². The Balaban J connectivity index is 4.53. The molecule has 0 bridgehead atoms. The van der Waals surface area contributed by atoms with Gasteiger partial charge in [-0.15, -0.1) is 0 Å². The molecule has 3 heteroatoms. The van der Waals surface area contributed by atoms with Crippen molar-refractivity contribution in [3.8, 4) is 0 Å². The van der Waals surface area contributed by atoms with Gasteiger partial charge in [-0.3, -0.25) is 11.3 Å². The Morgan fingerprint density at radius 2 is 1.69 bits per heavy atom.